The first kappa shape index (κ1) is 20.2. The van der Waals surface area contributed by atoms with E-state index in [0.717, 1.165) is 42.8 Å². The van der Waals surface area contributed by atoms with Gasteiger partial charge in [-0.05, 0) is 53.8 Å². The van der Waals surface area contributed by atoms with Crippen LogP contribution in [0.15, 0.2) is 78.9 Å². The lowest BCUT2D eigenvalue weighted by molar-refractivity contribution is -0.122. The fourth-order valence-electron chi connectivity index (χ4n) is 4.12. The molecule has 30 heavy (non-hydrogen) atoms. The van der Waals surface area contributed by atoms with Gasteiger partial charge in [0.05, 0.1) is 19.7 Å². The number of carbonyl (C=O) groups excluding carboxylic acids is 1. The van der Waals surface area contributed by atoms with Crippen molar-refractivity contribution in [3.8, 4) is 5.75 Å². The molecule has 0 saturated carbocycles. The highest BCUT2D eigenvalue weighted by Gasteiger charge is 2.21. The molecule has 4 nitrogen and oxygen atoms in total. The number of amides is 1. The van der Waals surface area contributed by atoms with Crippen LogP contribution in [0.1, 0.15) is 34.7 Å². The molecular weight excluding hydrogens is 372 g/mol. The van der Waals surface area contributed by atoms with Gasteiger partial charge in [0.15, 0.2) is 0 Å². The minimum Gasteiger partial charge on any atom is -0.497 e. The van der Waals surface area contributed by atoms with Gasteiger partial charge in [0, 0.05) is 6.54 Å². The Morgan fingerprint density at radius 2 is 1.63 bits per heavy atom. The van der Waals surface area contributed by atoms with Crippen molar-refractivity contribution in [3.63, 3.8) is 0 Å². The van der Waals surface area contributed by atoms with E-state index in [-0.39, 0.29) is 11.9 Å². The van der Waals surface area contributed by atoms with Crippen molar-refractivity contribution in [2.24, 2.45) is 0 Å². The molecule has 4 rings (SSSR count). The maximum absolute atomic E-state index is 13.0. The van der Waals surface area contributed by atoms with Crippen LogP contribution in [-0.2, 0) is 17.8 Å². The maximum Gasteiger partial charge on any atom is 0.234 e. The number of methoxy groups -OCH3 is 1. The molecule has 1 aliphatic rings. The number of fused-ring (bicyclic) bond motifs is 1. The number of hydrogen-bond donors (Lipinski definition) is 1. The standard InChI is InChI=1S/C26H28N2O2/c1-30-24-15-14-23-18-28(16-8-13-22(23)17-24)19-25(29)27-26(20-9-4-2-5-10-20)21-11-6-3-7-12-21/h2-7,9-12,14-15,17,26H,8,13,16,18-19H2,1H3,(H,27,29). The van der Waals surface area contributed by atoms with Gasteiger partial charge in [-0.15, -0.1) is 0 Å². The summed E-state index contributed by atoms with van der Waals surface area (Å²) in [5.41, 5.74) is 4.78. The van der Waals surface area contributed by atoms with Crippen molar-refractivity contribution < 1.29 is 9.53 Å². The zero-order valence-electron chi connectivity index (χ0n) is 17.4. The molecule has 3 aromatic rings. The van der Waals surface area contributed by atoms with Crippen molar-refractivity contribution in [1.29, 1.82) is 0 Å². The van der Waals surface area contributed by atoms with E-state index < -0.39 is 0 Å². The third-order valence-electron chi connectivity index (χ3n) is 5.67. The van der Waals surface area contributed by atoms with Gasteiger partial charge in [0.1, 0.15) is 5.75 Å². The SMILES string of the molecule is COc1ccc2c(c1)CCCN(CC(=O)NC(c1ccccc1)c1ccccc1)C2. The molecule has 3 aromatic carbocycles. The Balaban J connectivity index is 1.47. The normalized spacial score (nSPS) is 14.1. The van der Waals surface area contributed by atoms with Crippen LogP contribution in [-0.4, -0.2) is 31.0 Å². The summed E-state index contributed by atoms with van der Waals surface area (Å²) in [6, 6.07) is 26.4. The van der Waals surface area contributed by atoms with Gasteiger partial charge in [-0.2, -0.15) is 0 Å². The number of ether oxygens (including phenoxy) is 1. The third-order valence-corrected chi connectivity index (χ3v) is 5.67. The fourth-order valence-corrected chi connectivity index (χ4v) is 4.12. The Labute approximate surface area is 178 Å². The highest BCUT2D eigenvalue weighted by molar-refractivity contribution is 5.79. The molecule has 0 spiro atoms. The van der Waals surface area contributed by atoms with E-state index in [9.17, 15) is 4.79 Å². The van der Waals surface area contributed by atoms with Crippen molar-refractivity contribution in [3.05, 3.63) is 101 Å². The molecule has 0 atom stereocenters. The van der Waals surface area contributed by atoms with Crippen molar-refractivity contribution in [1.82, 2.24) is 10.2 Å². The minimum atomic E-state index is -0.150. The molecule has 0 aromatic heterocycles. The summed E-state index contributed by atoms with van der Waals surface area (Å²) in [4.78, 5) is 15.3. The van der Waals surface area contributed by atoms with E-state index in [2.05, 4.69) is 46.6 Å². The van der Waals surface area contributed by atoms with Gasteiger partial charge >= 0.3 is 0 Å². The molecule has 1 amide bonds. The Hall–Kier alpha value is -3.11. The Morgan fingerprint density at radius 1 is 0.967 bits per heavy atom. The minimum absolute atomic E-state index is 0.0460. The van der Waals surface area contributed by atoms with Gasteiger partial charge in [0.25, 0.3) is 0 Å². The van der Waals surface area contributed by atoms with Gasteiger partial charge in [-0.3, -0.25) is 9.69 Å². The second kappa shape index (κ2) is 9.59. The van der Waals surface area contributed by atoms with E-state index in [4.69, 9.17) is 4.74 Å². The lowest BCUT2D eigenvalue weighted by atomic mass is 9.99. The molecular formula is C26H28N2O2. The van der Waals surface area contributed by atoms with Crippen LogP contribution >= 0.6 is 0 Å². The number of nitrogens with zero attached hydrogens (tertiary/aromatic N) is 1. The predicted molar refractivity (Wildman–Crippen MR) is 119 cm³/mol. The topological polar surface area (TPSA) is 41.6 Å². The largest absolute Gasteiger partial charge is 0.497 e. The number of carbonyl (C=O) groups is 1. The molecule has 0 bridgehead atoms. The van der Waals surface area contributed by atoms with Gasteiger partial charge in [-0.1, -0.05) is 66.7 Å². The first-order valence-corrected chi connectivity index (χ1v) is 10.5. The van der Waals surface area contributed by atoms with Gasteiger partial charge in [0.2, 0.25) is 5.91 Å². The first-order chi connectivity index (χ1) is 14.7. The van der Waals surface area contributed by atoms with Crippen LogP contribution in [0.25, 0.3) is 0 Å². The number of hydrogen-bond acceptors (Lipinski definition) is 3. The molecule has 0 radical (unpaired) electrons. The summed E-state index contributed by atoms with van der Waals surface area (Å²) in [5.74, 6) is 0.943. The van der Waals surface area contributed by atoms with Crippen LogP contribution in [0, 0.1) is 0 Å². The Bertz CT molecular complexity index is 933. The van der Waals surface area contributed by atoms with E-state index >= 15 is 0 Å². The lowest BCUT2D eigenvalue weighted by Gasteiger charge is -2.24. The average Bonchev–Trinajstić information content (AvgIpc) is 2.99. The van der Waals surface area contributed by atoms with Gasteiger partial charge < -0.3 is 10.1 Å². The van der Waals surface area contributed by atoms with E-state index in [1.807, 2.05) is 42.5 Å². The summed E-state index contributed by atoms with van der Waals surface area (Å²) >= 11 is 0. The summed E-state index contributed by atoms with van der Waals surface area (Å²) in [6.07, 6.45) is 2.05. The number of rotatable bonds is 6. The summed E-state index contributed by atoms with van der Waals surface area (Å²) in [5, 5.41) is 3.26. The Kier molecular flexibility index (Phi) is 6.45. The smallest absolute Gasteiger partial charge is 0.234 e. The average molecular weight is 401 g/mol. The number of nitrogens with one attached hydrogen (secondary N) is 1. The summed E-state index contributed by atoms with van der Waals surface area (Å²) in [7, 11) is 1.70. The summed E-state index contributed by atoms with van der Waals surface area (Å²) in [6.45, 7) is 2.08. The molecule has 0 saturated heterocycles. The molecule has 1 N–H and O–H groups in total. The monoisotopic (exact) mass is 400 g/mol. The quantitative estimate of drug-likeness (QED) is 0.669. The van der Waals surface area contributed by atoms with Crippen LogP contribution in [0.3, 0.4) is 0 Å². The highest BCUT2D eigenvalue weighted by Crippen LogP contribution is 2.24. The van der Waals surface area contributed by atoms with E-state index in [1.165, 1.54) is 11.1 Å². The highest BCUT2D eigenvalue weighted by atomic mass is 16.5. The summed E-state index contributed by atoms with van der Waals surface area (Å²) < 4.78 is 5.36. The fraction of sp³-hybridized carbons (Fsp3) is 0.269. The number of benzene rings is 3. The van der Waals surface area contributed by atoms with Crippen LogP contribution in [0.2, 0.25) is 0 Å². The van der Waals surface area contributed by atoms with E-state index in [1.54, 1.807) is 7.11 Å². The van der Waals surface area contributed by atoms with Crippen LogP contribution in [0.5, 0.6) is 5.75 Å². The van der Waals surface area contributed by atoms with Crippen molar-refractivity contribution >= 4 is 5.91 Å². The van der Waals surface area contributed by atoms with Crippen molar-refractivity contribution in [2.75, 3.05) is 20.2 Å². The van der Waals surface area contributed by atoms with Crippen LogP contribution < -0.4 is 10.1 Å². The molecule has 154 valence electrons. The molecule has 0 unspecified atom stereocenters. The molecule has 0 fully saturated rings. The second-order valence-electron chi connectivity index (χ2n) is 7.77. The zero-order valence-corrected chi connectivity index (χ0v) is 17.4. The third kappa shape index (κ3) is 4.89. The van der Waals surface area contributed by atoms with E-state index in [0.29, 0.717) is 6.54 Å². The maximum atomic E-state index is 13.0. The van der Waals surface area contributed by atoms with Crippen LogP contribution in [0.4, 0.5) is 0 Å². The molecule has 0 aliphatic carbocycles. The predicted octanol–water partition coefficient (Wildman–Crippen LogP) is 4.35. The molecule has 1 aliphatic heterocycles. The molecule has 1 heterocycles. The Morgan fingerprint density at radius 3 is 2.27 bits per heavy atom. The second-order valence-corrected chi connectivity index (χ2v) is 7.77. The first-order valence-electron chi connectivity index (χ1n) is 10.5. The lowest BCUT2D eigenvalue weighted by Crippen LogP contribution is -2.39. The van der Waals surface area contributed by atoms with Gasteiger partial charge in [-0.25, -0.2) is 0 Å². The number of aryl methyl sites for hydroxylation is 1. The van der Waals surface area contributed by atoms with Crippen molar-refractivity contribution in [2.45, 2.75) is 25.4 Å². The molecule has 4 heteroatoms. The zero-order chi connectivity index (χ0) is 20.8.